The number of ether oxygens (including phenoxy) is 1. The van der Waals surface area contributed by atoms with Crippen LogP contribution in [0, 0.1) is 0 Å². The summed E-state index contributed by atoms with van der Waals surface area (Å²) in [7, 11) is 0. The van der Waals surface area contributed by atoms with Crippen LogP contribution in [0.3, 0.4) is 0 Å². The van der Waals surface area contributed by atoms with Gasteiger partial charge in [0.2, 0.25) is 5.91 Å². The number of nitrogens with one attached hydrogen (secondary N) is 1. The van der Waals surface area contributed by atoms with Crippen molar-refractivity contribution >= 4 is 11.9 Å². The van der Waals surface area contributed by atoms with Crippen LogP contribution in [0.5, 0.6) is 0 Å². The first-order valence-electron chi connectivity index (χ1n) is 30.9. The van der Waals surface area contributed by atoms with Gasteiger partial charge in [0, 0.05) is 12.8 Å². The Kier molecular flexibility index (Phi) is 57.0. The van der Waals surface area contributed by atoms with Gasteiger partial charge in [-0.1, -0.05) is 289 Å². The smallest absolute Gasteiger partial charge is 0.305 e. The lowest BCUT2D eigenvalue weighted by molar-refractivity contribution is -0.143. The Bertz CT molecular complexity index is 1020. The molecule has 68 heavy (non-hydrogen) atoms. The van der Waals surface area contributed by atoms with Gasteiger partial charge in [0.25, 0.3) is 0 Å². The molecule has 0 aliphatic carbocycles. The molecule has 0 radical (unpaired) electrons. The molecular weight excluding hydrogens is 839 g/mol. The summed E-state index contributed by atoms with van der Waals surface area (Å²) in [4.78, 5) is 24.6. The Morgan fingerprint density at radius 1 is 0.397 bits per heavy atom. The van der Waals surface area contributed by atoms with E-state index in [9.17, 15) is 19.8 Å². The summed E-state index contributed by atoms with van der Waals surface area (Å²) in [5.74, 6) is -0.0737. The second-order valence-electron chi connectivity index (χ2n) is 21.4. The molecule has 2 unspecified atom stereocenters. The zero-order valence-corrected chi connectivity index (χ0v) is 46.1. The number of unbranched alkanes of at least 4 members (excludes halogenated alkanes) is 45. The molecule has 0 heterocycles. The highest BCUT2D eigenvalue weighted by Gasteiger charge is 2.20. The van der Waals surface area contributed by atoms with E-state index in [-0.39, 0.29) is 18.5 Å². The average molecular weight is 961 g/mol. The van der Waals surface area contributed by atoms with Crippen molar-refractivity contribution in [3.8, 4) is 0 Å². The van der Waals surface area contributed by atoms with Crippen LogP contribution in [0.25, 0.3) is 0 Å². The normalized spacial score (nSPS) is 12.6. The van der Waals surface area contributed by atoms with Gasteiger partial charge in [-0.05, 0) is 57.8 Å². The third-order valence-electron chi connectivity index (χ3n) is 14.6. The van der Waals surface area contributed by atoms with Gasteiger partial charge in [0.05, 0.1) is 25.4 Å². The van der Waals surface area contributed by atoms with E-state index in [1.165, 1.54) is 238 Å². The van der Waals surface area contributed by atoms with E-state index < -0.39 is 12.1 Å². The topological polar surface area (TPSA) is 95.9 Å². The van der Waals surface area contributed by atoms with Crippen molar-refractivity contribution in [1.29, 1.82) is 0 Å². The van der Waals surface area contributed by atoms with Crippen molar-refractivity contribution in [2.45, 2.75) is 360 Å². The summed E-state index contributed by atoms with van der Waals surface area (Å²) in [5, 5.41) is 23.3. The van der Waals surface area contributed by atoms with Crippen LogP contribution in [0.15, 0.2) is 12.2 Å². The first-order chi connectivity index (χ1) is 33.5. The predicted octanol–water partition coefficient (Wildman–Crippen LogP) is 19.2. The van der Waals surface area contributed by atoms with Crippen molar-refractivity contribution in [3.05, 3.63) is 12.2 Å². The Labute approximate surface area is 425 Å². The first-order valence-corrected chi connectivity index (χ1v) is 30.9. The number of carbonyl (C=O) groups is 2. The molecule has 1 amide bonds. The molecule has 6 nitrogen and oxygen atoms in total. The molecule has 0 aromatic rings. The van der Waals surface area contributed by atoms with Crippen molar-refractivity contribution in [2.24, 2.45) is 0 Å². The van der Waals surface area contributed by atoms with E-state index in [1.54, 1.807) is 0 Å². The fourth-order valence-electron chi connectivity index (χ4n) is 9.81. The number of hydrogen-bond donors (Lipinski definition) is 3. The van der Waals surface area contributed by atoms with E-state index in [2.05, 4.69) is 31.3 Å². The Balaban J connectivity index is 3.46. The summed E-state index contributed by atoms with van der Waals surface area (Å²) in [6.07, 6.45) is 69.3. The molecule has 2 atom stereocenters. The number of aliphatic hydroxyl groups is 2. The van der Waals surface area contributed by atoms with Gasteiger partial charge in [0.1, 0.15) is 0 Å². The van der Waals surface area contributed by atoms with Gasteiger partial charge in [-0.2, -0.15) is 0 Å². The van der Waals surface area contributed by atoms with Gasteiger partial charge in [-0.15, -0.1) is 0 Å². The number of allylic oxidation sites excluding steroid dienone is 2. The lowest BCUT2D eigenvalue weighted by Crippen LogP contribution is -2.45. The third-order valence-corrected chi connectivity index (χ3v) is 14.6. The van der Waals surface area contributed by atoms with E-state index in [0.29, 0.717) is 25.9 Å². The number of carbonyl (C=O) groups excluding carboxylic acids is 2. The summed E-state index contributed by atoms with van der Waals surface area (Å²) >= 11 is 0. The molecule has 0 bridgehead atoms. The SMILES string of the molecule is CCCCCCCCCCCCCCCCCCCCCCCC(O)C(CO)NC(=O)CCCCCCC/C=C\CCCCCOC(=O)CCCCCCCCCCCCCCCCCCCC. The van der Waals surface area contributed by atoms with Crippen molar-refractivity contribution in [2.75, 3.05) is 13.2 Å². The minimum atomic E-state index is -0.681. The molecule has 0 saturated carbocycles. The van der Waals surface area contributed by atoms with E-state index in [4.69, 9.17) is 4.74 Å². The maximum Gasteiger partial charge on any atom is 0.305 e. The van der Waals surface area contributed by atoms with Crippen LogP contribution >= 0.6 is 0 Å². The van der Waals surface area contributed by atoms with Crippen LogP contribution in [-0.2, 0) is 14.3 Å². The fraction of sp³-hybridized carbons (Fsp3) is 0.935. The average Bonchev–Trinajstić information content (AvgIpc) is 3.34. The Morgan fingerprint density at radius 3 is 1.04 bits per heavy atom. The summed E-state index contributed by atoms with van der Waals surface area (Å²) in [5.41, 5.74) is 0. The van der Waals surface area contributed by atoms with Crippen molar-refractivity contribution in [1.82, 2.24) is 5.32 Å². The molecule has 6 heteroatoms. The molecule has 0 aliphatic rings. The third kappa shape index (κ3) is 53.9. The molecule has 404 valence electrons. The molecule has 0 aromatic carbocycles. The maximum atomic E-state index is 12.5. The van der Waals surface area contributed by atoms with Gasteiger partial charge in [-0.25, -0.2) is 0 Å². The molecule has 0 rings (SSSR count). The highest BCUT2D eigenvalue weighted by molar-refractivity contribution is 5.76. The highest BCUT2D eigenvalue weighted by atomic mass is 16.5. The molecule has 0 saturated heterocycles. The zero-order valence-electron chi connectivity index (χ0n) is 46.1. The maximum absolute atomic E-state index is 12.5. The standard InChI is InChI=1S/C62H121NO5/c1-3-5-7-9-11-13-15-17-19-21-23-24-25-26-28-30-34-38-42-46-50-54-60(65)59(58-64)63-61(66)55-51-47-43-39-35-32-33-37-41-45-49-53-57-68-62(67)56-52-48-44-40-36-31-29-27-22-20-18-16-14-12-10-8-6-4-2/h33,37,59-60,64-65H,3-32,34-36,38-58H2,1-2H3,(H,63,66)/b37-33-. The fourth-order valence-corrected chi connectivity index (χ4v) is 9.81. The van der Waals surface area contributed by atoms with Crippen LogP contribution in [0.1, 0.15) is 348 Å². The minimum Gasteiger partial charge on any atom is -0.466 e. The van der Waals surface area contributed by atoms with Gasteiger partial charge in [0.15, 0.2) is 0 Å². The molecule has 0 aliphatic heterocycles. The van der Waals surface area contributed by atoms with Crippen LogP contribution in [-0.4, -0.2) is 47.4 Å². The van der Waals surface area contributed by atoms with E-state index in [1.807, 2.05) is 0 Å². The Hall–Kier alpha value is -1.40. The van der Waals surface area contributed by atoms with Crippen molar-refractivity contribution < 1.29 is 24.5 Å². The highest BCUT2D eigenvalue weighted by Crippen LogP contribution is 2.18. The number of hydrogen-bond acceptors (Lipinski definition) is 5. The number of amides is 1. The lowest BCUT2D eigenvalue weighted by Gasteiger charge is -2.22. The molecule has 3 N–H and O–H groups in total. The largest absolute Gasteiger partial charge is 0.466 e. The van der Waals surface area contributed by atoms with E-state index >= 15 is 0 Å². The summed E-state index contributed by atoms with van der Waals surface area (Å²) in [6, 6.07) is -0.560. The van der Waals surface area contributed by atoms with Gasteiger partial charge >= 0.3 is 5.97 Å². The van der Waals surface area contributed by atoms with Crippen LogP contribution in [0.4, 0.5) is 0 Å². The first kappa shape index (κ1) is 66.6. The van der Waals surface area contributed by atoms with Gasteiger partial charge < -0.3 is 20.3 Å². The lowest BCUT2D eigenvalue weighted by atomic mass is 10.0. The molecular formula is C62H121NO5. The molecule has 0 spiro atoms. The second kappa shape index (κ2) is 58.2. The summed E-state index contributed by atoms with van der Waals surface area (Å²) in [6.45, 7) is 4.93. The van der Waals surface area contributed by atoms with Crippen molar-refractivity contribution in [3.63, 3.8) is 0 Å². The summed E-state index contributed by atoms with van der Waals surface area (Å²) < 4.78 is 5.47. The number of rotatable bonds is 58. The minimum absolute atomic E-state index is 0.0171. The molecule has 0 fully saturated rings. The quantitative estimate of drug-likeness (QED) is 0.0321. The number of esters is 1. The van der Waals surface area contributed by atoms with Crippen LogP contribution in [0.2, 0.25) is 0 Å². The molecule has 0 aromatic heterocycles. The van der Waals surface area contributed by atoms with E-state index in [0.717, 1.165) is 77.0 Å². The monoisotopic (exact) mass is 960 g/mol. The number of aliphatic hydroxyl groups excluding tert-OH is 2. The zero-order chi connectivity index (χ0) is 49.3. The van der Waals surface area contributed by atoms with Crippen LogP contribution < -0.4 is 5.32 Å². The second-order valence-corrected chi connectivity index (χ2v) is 21.4. The predicted molar refractivity (Wildman–Crippen MR) is 297 cm³/mol. The van der Waals surface area contributed by atoms with Gasteiger partial charge in [-0.3, -0.25) is 9.59 Å². The Morgan fingerprint density at radius 2 is 0.691 bits per heavy atom.